The number of carbonyl (C=O) groups excluding carboxylic acids is 2. The van der Waals surface area contributed by atoms with Crippen LogP contribution in [0.3, 0.4) is 0 Å². The summed E-state index contributed by atoms with van der Waals surface area (Å²) < 4.78 is 5.52. The first kappa shape index (κ1) is 20.6. The number of carbonyl (C=O) groups is 2. The lowest BCUT2D eigenvalue weighted by Gasteiger charge is -2.28. The molecule has 5 heteroatoms. The molecule has 0 saturated carbocycles. The Morgan fingerprint density at radius 1 is 1.03 bits per heavy atom. The molecule has 0 spiro atoms. The summed E-state index contributed by atoms with van der Waals surface area (Å²) in [7, 11) is 0. The number of amides is 2. The third-order valence-electron chi connectivity index (χ3n) is 5.22. The number of hydrogen-bond donors (Lipinski definition) is 1. The summed E-state index contributed by atoms with van der Waals surface area (Å²) in [6, 6.07) is 19.0. The van der Waals surface area contributed by atoms with Crippen molar-refractivity contribution in [1.29, 1.82) is 0 Å². The van der Waals surface area contributed by atoms with E-state index in [1.165, 1.54) is 5.56 Å². The molecule has 3 rings (SSSR count). The van der Waals surface area contributed by atoms with Crippen molar-refractivity contribution in [3.05, 3.63) is 84.4 Å². The molecule has 2 amide bonds. The SMILES string of the molecule is C=CC[C@H]1CC[C@@H](C(=O)NCCc2ccccc2)N1C(=O)OCc1ccccc1. The topological polar surface area (TPSA) is 58.6 Å². The second kappa shape index (κ2) is 10.5. The van der Waals surface area contributed by atoms with Gasteiger partial charge in [-0.2, -0.15) is 0 Å². The summed E-state index contributed by atoms with van der Waals surface area (Å²) in [4.78, 5) is 27.2. The molecule has 0 aromatic heterocycles. The van der Waals surface area contributed by atoms with E-state index in [9.17, 15) is 9.59 Å². The first-order chi connectivity index (χ1) is 14.2. The quantitative estimate of drug-likeness (QED) is 0.689. The fourth-order valence-electron chi connectivity index (χ4n) is 3.73. The second-order valence-electron chi connectivity index (χ2n) is 7.25. The van der Waals surface area contributed by atoms with Crippen LogP contribution in [0, 0.1) is 0 Å². The van der Waals surface area contributed by atoms with Crippen LogP contribution in [0.25, 0.3) is 0 Å². The molecule has 0 aliphatic carbocycles. The Labute approximate surface area is 172 Å². The third kappa shape index (κ3) is 5.70. The Balaban J connectivity index is 1.58. The van der Waals surface area contributed by atoms with Gasteiger partial charge in [0, 0.05) is 12.6 Å². The second-order valence-corrected chi connectivity index (χ2v) is 7.25. The van der Waals surface area contributed by atoms with Crippen molar-refractivity contribution in [3.63, 3.8) is 0 Å². The van der Waals surface area contributed by atoms with Gasteiger partial charge in [0.15, 0.2) is 0 Å². The minimum Gasteiger partial charge on any atom is -0.445 e. The lowest BCUT2D eigenvalue weighted by molar-refractivity contribution is -0.125. The van der Waals surface area contributed by atoms with Gasteiger partial charge in [0.2, 0.25) is 5.91 Å². The zero-order valence-corrected chi connectivity index (χ0v) is 16.6. The molecule has 152 valence electrons. The molecular formula is C24H28N2O3. The van der Waals surface area contributed by atoms with E-state index in [2.05, 4.69) is 11.9 Å². The van der Waals surface area contributed by atoms with Crippen LogP contribution >= 0.6 is 0 Å². The number of rotatable bonds is 8. The van der Waals surface area contributed by atoms with Crippen LogP contribution in [0.2, 0.25) is 0 Å². The molecule has 0 radical (unpaired) electrons. The fourth-order valence-corrected chi connectivity index (χ4v) is 3.73. The monoisotopic (exact) mass is 392 g/mol. The molecule has 1 N–H and O–H groups in total. The molecular weight excluding hydrogens is 364 g/mol. The number of likely N-dealkylation sites (tertiary alicyclic amines) is 1. The molecule has 2 aromatic carbocycles. The molecule has 29 heavy (non-hydrogen) atoms. The van der Waals surface area contributed by atoms with Gasteiger partial charge in [0.25, 0.3) is 0 Å². The summed E-state index contributed by atoms with van der Waals surface area (Å²) in [6.45, 7) is 4.52. The van der Waals surface area contributed by atoms with Crippen LogP contribution < -0.4 is 5.32 Å². The molecule has 1 aliphatic heterocycles. The van der Waals surface area contributed by atoms with E-state index in [0.717, 1.165) is 18.4 Å². The highest BCUT2D eigenvalue weighted by molar-refractivity contribution is 5.86. The highest BCUT2D eigenvalue weighted by atomic mass is 16.6. The predicted octanol–water partition coefficient (Wildman–Crippen LogP) is 4.09. The molecule has 1 aliphatic rings. The molecule has 2 atom stereocenters. The third-order valence-corrected chi connectivity index (χ3v) is 5.22. The number of benzene rings is 2. The van der Waals surface area contributed by atoms with E-state index < -0.39 is 12.1 Å². The number of nitrogens with one attached hydrogen (secondary N) is 1. The first-order valence-corrected chi connectivity index (χ1v) is 10.1. The largest absolute Gasteiger partial charge is 0.445 e. The Morgan fingerprint density at radius 3 is 2.34 bits per heavy atom. The maximum Gasteiger partial charge on any atom is 0.411 e. The normalized spacial score (nSPS) is 18.3. The van der Waals surface area contributed by atoms with Gasteiger partial charge in [-0.3, -0.25) is 9.69 Å². The van der Waals surface area contributed by atoms with Crippen molar-refractivity contribution < 1.29 is 14.3 Å². The zero-order chi connectivity index (χ0) is 20.5. The van der Waals surface area contributed by atoms with Gasteiger partial charge in [0.1, 0.15) is 12.6 Å². The summed E-state index contributed by atoms with van der Waals surface area (Å²) in [6.07, 6.45) is 4.15. The Hall–Kier alpha value is -3.08. The van der Waals surface area contributed by atoms with Crippen LogP contribution in [0.5, 0.6) is 0 Å². The number of hydrogen-bond acceptors (Lipinski definition) is 3. The van der Waals surface area contributed by atoms with Crippen molar-refractivity contribution in [2.45, 2.75) is 44.4 Å². The Bertz CT molecular complexity index is 807. The van der Waals surface area contributed by atoms with Crippen LogP contribution in [0.15, 0.2) is 73.3 Å². The van der Waals surface area contributed by atoms with Gasteiger partial charge >= 0.3 is 6.09 Å². The lowest BCUT2D eigenvalue weighted by Crippen LogP contribution is -2.49. The molecule has 1 saturated heterocycles. The molecule has 5 nitrogen and oxygen atoms in total. The van der Waals surface area contributed by atoms with Gasteiger partial charge in [0.05, 0.1) is 0 Å². The predicted molar refractivity (Wildman–Crippen MR) is 113 cm³/mol. The van der Waals surface area contributed by atoms with E-state index in [1.807, 2.05) is 60.7 Å². The van der Waals surface area contributed by atoms with Crippen LogP contribution in [0.4, 0.5) is 4.79 Å². The van der Waals surface area contributed by atoms with E-state index in [-0.39, 0.29) is 18.6 Å². The van der Waals surface area contributed by atoms with Crippen molar-refractivity contribution in [2.24, 2.45) is 0 Å². The Morgan fingerprint density at radius 2 is 1.69 bits per heavy atom. The van der Waals surface area contributed by atoms with E-state index >= 15 is 0 Å². The molecule has 2 aromatic rings. The smallest absolute Gasteiger partial charge is 0.411 e. The summed E-state index contributed by atoms with van der Waals surface area (Å²) >= 11 is 0. The van der Waals surface area contributed by atoms with Crippen LogP contribution in [-0.2, 0) is 22.6 Å². The van der Waals surface area contributed by atoms with Gasteiger partial charge < -0.3 is 10.1 Å². The van der Waals surface area contributed by atoms with Crippen molar-refractivity contribution in [2.75, 3.05) is 6.54 Å². The van der Waals surface area contributed by atoms with Crippen molar-refractivity contribution in [1.82, 2.24) is 10.2 Å². The molecule has 0 bridgehead atoms. The van der Waals surface area contributed by atoms with Crippen LogP contribution in [0.1, 0.15) is 30.4 Å². The van der Waals surface area contributed by atoms with E-state index in [4.69, 9.17) is 4.74 Å². The van der Waals surface area contributed by atoms with Crippen LogP contribution in [-0.4, -0.2) is 35.5 Å². The average Bonchev–Trinajstić information content (AvgIpc) is 3.17. The zero-order valence-electron chi connectivity index (χ0n) is 16.6. The van der Waals surface area contributed by atoms with Gasteiger partial charge in [-0.1, -0.05) is 66.7 Å². The Kier molecular flexibility index (Phi) is 7.45. The number of nitrogens with zero attached hydrogens (tertiary/aromatic N) is 1. The highest BCUT2D eigenvalue weighted by Gasteiger charge is 2.41. The summed E-state index contributed by atoms with van der Waals surface area (Å²) in [5, 5.41) is 2.98. The number of ether oxygens (including phenoxy) is 1. The minimum atomic E-state index is -0.501. The minimum absolute atomic E-state index is 0.0550. The lowest BCUT2D eigenvalue weighted by atomic mass is 10.1. The maximum absolute atomic E-state index is 12.8. The molecule has 1 fully saturated rings. The fraction of sp³-hybridized carbons (Fsp3) is 0.333. The summed E-state index contributed by atoms with van der Waals surface area (Å²) in [5.74, 6) is -0.121. The van der Waals surface area contributed by atoms with Gasteiger partial charge in [-0.15, -0.1) is 6.58 Å². The maximum atomic E-state index is 12.8. The average molecular weight is 392 g/mol. The van der Waals surface area contributed by atoms with E-state index in [1.54, 1.807) is 11.0 Å². The van der Waals surface area contributed by atoms with Gasteiger partial charge in [-0.25, -0.2) is 4.79 Å². The molecule has 1 heterocycles. The highest BCUT2D eigenvalue weighted by Crippen LogP contribution is 2.28. The van der Waals surface area contributed by atoms with Crippen molar-refractivity contribution >= 4 is 12.0 Å². The standard InChI is InChI=1S/C24H28N2O3/c1-2-9-21-14-15-22(23(27)25-17-16-19-10-5-3-6-11-19)26(21)24(28)29-18-20-12-7-4-8-13-20/h2-8,10-13,21-22H,1,9,14-18H2,(H,25,27)/t21-,22-/m0/s1. The summed E-state index contributed by atoms with van der Waals surface area (Å²) in [5.41, 5.74) is 2.09. The van der Waals surface area contributed by atoms with Crippen molar-refractivity contribution in [3.8, 4) is 0 Å². The first-order valence-electron chi connectivity index (χ1n) is 10.1. The van der Waals surface area contributed by atoms with Gasteiger partial charge in [-0.05, 0) is 36.8 Å². The molecule has 0 unspecified atom stereocenters. The van der Waals surface area contributed by atoms with E-state index in [0.29, 0.717) is 19.4 Å².